The molecule has 10 heteroatoms. The van der Waals surface area contributed by atoms with Crippen molar-refractivity contribution in [3.8, 4) is 5.75 Å². The standard InChI is InChI=1S/C17H25IN2O3.C11H21NO3/c1-12-7-8-14(15(18)19-12)22-11-13-6-5-9-20(10-13)16(21)23-17(2,3)4;1-11(2,3)15-10(14)12-6-4-5-9(7-12)8-13/h7-8,13H,5-6,9-11H2,1-4H3;9,13H,4-8H2,1-3H3/t13-;9-/m00/s1. The molecule has 0 saturated carbocycles. The molecule has 9 nitrogen and oxygen atoms in total. The van der Waals surface area contributed by atoms with Gasteiger partial charge >= 0.3 is 12.2 Å². The van der Waals surface area contributed by atoms with Gasteiger partial charge in [0.25, 0.3) is 0 Å². The normalized spacial score (nSPS) is 20.2. The summed E-state index contributed by atoms with van der Waals surface area (Å²) < 4.78 is 17.5. The number of aryl methyl sites for hydroxylation is 1. The summed E-state index contributed by atoms with van der Waals surface area (Å²) >= 11 is 2.19. The van der Waals surface area contributed by atoms with Gasteiger partial charge in [0.2, 0.25) is 0 Å². The van der Waals surface area contributed by atoms with Gasteiger partial charge in [0, 0.05) is 44.4 Å². The number of aliphatic hydroxyl groups is 1. The van der Waals surface area contributed by atoms with Crippen molar-refractivity contribution in [1.29, 1.82) is 0 Å². The fraction of sp³-hybridized carbons (Fsp3) is 0.750. The number of likely N-dealkylation sites (tertiary alicyclic amines) is 2. The first-order valence-electron chi connectivity index (χ1n) is 13.5. The maximum absolute atomic E-state index is 12.2. The van der Waals surface area contributed by atoms with Gasteiger partial charge in [-0.25, -0.2) is 14.6 Å². The van der Waals surface area contributed by atoms with Crippen molar-refractivity contribution in [1.82, 2.24) is 14.8 Å². The molecule has 3 heterocycles. The van der Waals surface area contributed by atoms with Gasteiger partial charge in [-0.2, -0.15) is 0 Å². The van der Waals surface area contributed by atoms with Crippen molar-refractivity contribution in [3.63, 3.8) is 0 Å². The van der Waals surface area contributed by atoms with E-state index in [0.717, 1.165) is 53.9 Å². The minimum Gasteiger partial charge on any atom is -0.490 e. The Morgan fingerprint density at radius 1 is 0.947 bits per heavy atom. The zero-order chi connectivity index (χ0) is 28.5. The van der Waals surface area contributed by atoms with Gasteiger partial charge in [-0.3, -0.25) is 0 Å². The fourth-order valence-electron chi connectivity index (χ4n) is 4.23. The number of carbonyl (C=O) groups excluding carboxylic acids is 2. The summed E-state index contributed by atoms with van der Waals surface area (Å²) in [5, 5.41) is 9.04. The lowest BCUT2D eigenvalue weighted by Gasteiger charge is -2.34. The minimum absolute atomic E-state index is 0.152. The molecule has 2 aliphatic rings. The summed E-state index contributed by atoms with van der Waals surface area (Å²) in [4.78, 5) is 31.8. The second-order valence-electron chi connectivity index (χ2n) is 12.1. The van der Waals surface area contributed by atoms with Crippen molar-refractivity contribution < 1.29 is 28.9 Å². The molecule has 3 rings (SSSR count). The topological polar surface area (TPSA) is 101 Å². The zero-order valence-electron chi connectivity index (χ0n) is 24.1. The van der Waals surface area contributed by atoms with E-state index in [1.165, 1.54) is 0 Å². The molecule has 2 amide bonds. The number of nitrogens with zero attached hydrogens (tertiary/aromatic N) is 3. The van der Waals surface area contributed by atoms with Crippen LogP contribution < -0.4 is 4.74 Å². The van der Waals surface area contributed by atoms with Gasteiger partial charge < -0.3 is 29.1 Å². The highest BCUT2D eigenvalue weighted by atomic mass is 127. The number of aliphatic hydroxyl groups excluding tert-OH is 1. The van der Waals surface area contributed by atoms with Gasteiger partial charge in [-0.05, 0) is 115 Å². The molecule has 2 atom stereocenters. The number of aromatic nitrogens is 1. The lowest BCUT2D eigenvalue weighted by atomic mass is 9.99. The summed E-state index contributed by atoms with van der Waals surface area (Å²) in [6, 6.07) is 3.91. The number of halogens is 1. The van der Waals surface area contributed by atoms with Crippen LogP contribution >= 0.6 is 22.6 Å². The van der Waals surface area contributed by atoms with E-state index in [-0.39, 0.29) is 24.7 Å². The first-order valence-corrected chi connectivity index (χ1v) is 14.6. The zero-order valence-corrected chi connectivity index (χ0v) is 26.2. The van der Waals surface area contributed by atoms with E-state index < -0.39 is 11.2 Å². The van der Waals surface area contributed by atoms with E-state index >= 15 is 0 Å². The summed E-state index contributed by atoms with van der Waals surface area (Å²) in [5.74, 6) is 1.35. The lowest BCUT2D eigenvalue weighted by molar-refractivity contribution is 0.0124. The molecule has 0 spiro atoms. The van der Waals surface area contributed by atoms with E-state index in [9.17, 15) is 9.59 Å². The third-order valence-electron chi connectivity index (χ3n) is 6.03. The highest BCUT2D eigenvalue weighted by Gasteiger charge is 2.29. The van der Waals surface area contributed by atoms with E-state index in [1.54, 1.807) is 9.80 Å². The van der Waals surface area contributed by atoms with E-state index in [4.69, 9.17) is 19.3 Å². The van der Waals surface area contributed by atoms with Crippen LogP contribution in [-0.2, 0) is 9.47 Å². The summed E-state index contributed by atoms with van der Waals surface area (Å²) in [6.45, 7) is 16.8. The number of piperidine rings is 2. The molecular formula is C28H46IN3O6. The Bertz CT molecular complexity index is 915. The van der Waals surface area contributed by atoms with Crippen LogP contribution in [0, 0.1) is 22.5 Å². The number of amides is 2. The van der Waals surface area contributed by atoms with Crippen molar-refractivity contribution >= 4 is 34.8 Å². The number of pyridine rings is 1. The number of hydrogen-bond donors (Lipinski definition) is 1. The second kappa shape index (κ2) is 14.5. The minimum atomic E-state index is -0.454. The maximum Gasteiger partial charge on any atom is 0.410 e. The molecule has 1 N–H and O–H groups in total. The smallest absolute Gasteiger partial charge is 0.410 e. The highest BCUT2D eigenvalue weighted by Crippen LogP contribution is 2.23. The van der Waals surface area contributed by atoms with Gasteiger partial charge in [0.1, 0.15) is 14.9 Å². The van der Waals surface area contributed by atoms with Gasteiger partial charge in [-0.15, -0.1) is 0 Å². The highest BCUT2D eigenvalue weighted by molar-refractivity contribution is 14.1. The van der Waals surface area contributed by atoms with Crippen LogP contribution in [0.1, 0.15) is 72.9 Å². The number of carbonyl (C=O) groups is 2. The van der Waals surface area contributed by atoms with Crippen LogP contribution in [0.4, 0.5) is 9.59 Å². The molecule has 2 fully saturated rings. The van der Waals surface area contributed by atoms with Crippen molar-refractivity contribution in [3.05, 3.63) is 21.5 Å². The Morgan fingerprint density at radius 3 is 1.92 bits per heavy atom. The van der Waals surface area contributed by atoms with Crippen molar-refractivity contribution in [2.75, 3.05) is 39.4 Å². The van der Waals surface area contributed by atoms with Crippen LogP contribution in [0.2, 0.25) is 0 Å². The van der Waals surface area contributed by atoms with Gasteiger partial charge in [-0.1, -0.05) is 0 Å². The van der Waals surface area contributed by atoms with E-state index in [2.05, 4.69) is 27.6 Å². The van der Waals surface area contributed by atoms with Crippen molar-refractivity contribution in [2.24, 2.45) is 11.8 Å². The molecule has 1 aromatic rings. The molecule has 0 bridgehead atoms. The largest absolute Gasteiger partial charge is 0.490 e. The quantitative estimate of drug-likeness (QED) is 0.333. The summed E-state index contributed by atoms with van der Waals surface area (Å²) in [6.07, 6.45) is 3.50. The Hall–Kier alpha value is -1.82. The predicted molar refractivity (Wildman–Crippen MR) is 155 cm³/mol. The SMILES string of the molecule is CC(C)(C)OC(=O)N1CCC[C@H](CO)C1.Cc1ccc(OC[C@H]2CCCN(C(=O)OC(C)(C)C)C2)c(I)n1. The summed E-state index contributed by atoms with van der Waals surface area (Å²) in [7, 11) is 0. The molecule has 2 saturated heterocycles. The first kappa shape index (κ1) is 32.4. The number of ether oxygens (including phenoxy) is 3. The van der Waals surface area contributed by atoms with Crippen LogP contribution in [0.25, 0.3) is 0 Å². The van der Waals surface area contributed by atoms with Crippen LogP contribution in [0.15, 0.2) is 12.1 Å². The second-order valence-corrected chi connectivity index (χ2v) is 13.1. The molecule has 1 aromatic heterocycles. The van der Waals surface area contributed by atoms with Crippen LogP contribution in [0.5, 0.6) is 5.75 Å². The predicted octanol–water partition coefficient (Wildman–Crippen LogP) is 5.65. The Kier molecular flexibility index (Phi) is 12.4. The van der Waals surface area contributed by atoms with E-state index in [1.807, 2.05) is 60.6 Å². The third kappa shape index (κ3) is 11.9. The number of hydrogen-bond acceptors (Lipinski definition) is 7. The molecule has 0 unspecified atom stereocenters. The van der Waals surface area contributed by atoms with E-state index in [0.29, 0.717) is 25.6 Å². The summed E-state index contributed by atoms with van der Waals surface area (Å²) in [5.41, 5.74) is 0.0866. The molecule has 2 aliphatic heterocycles. The van der Waals surface area contributed by atoms with Crippen LogP contribution in [0.3, 0.4) is 0 Å². The Morgan fingerprint density at radius 2 is 1.45 bits per heavy atom. The average Bonchev–Trinajstić information content (AvgIpc) is 2.82. The third-order valence-corrected chi connectivity index (χ3v) is 6.80. The average molecular weight is 648 g/mol. The molecule has 0 aliphatic carbocycles. The molecule has 38 heavy (non-hydrogen) atoms. The Labute approximate surface area is 241 Å². The molecule has 0 radical (unpaired) electrons. The molecule has 216 valence electrons. The monoisotopic (exact) mass is 647 g/mol. The van der Waals surface area contributed by atoms with Crippen molar-refractivity contribution in [2.45, 2.75) is 85.4 Å². The Balaban J connectivity index is 0.000000293. The first-order chi connectivity index (χ1) is 17.7. The van der Waals surface area contributed by atoms with Gasteiger partial charge in [0.15, 0.2) is 5.75 Å². The fourth-order valence-corrected chi connectivity index (χ4v) is 4.94. The number of rotatable bonds is 4. The van der Waals surface area contributed by atoms with Gasteiger partial charge in [0.05, 0.1) is 6.61 Å². The molecule has 0 aromatic carbocycles. The lowest BCUT2D eigenvalue weighted by Crippen LogP contribution is -2.44. The molecular weight excluding hydrogens is 601 g/mol. The maximum atomic E-state index is 12.2. The van der Waals surface area contributed by atoms with Crippen LogP contribution in [-0.4, -0.2) is 82.7 Å².